The van der Waals surface area contributed by atoms with Crippen LogP contribution in [-0.2, 0) is 13.0 Å². The third-order valence-corrected chi connectivity index (χ3v) is 3.19. The van der Waals surface area contributed by atoms with Crippen molar-refractivity contribution in [3.8, 4) is 11.8 Å². The van der Waals surface area contributed by atoms with Crippen LogP contribution in [0.15, 0.2) is 42.5 Å². The van der Waals surface area contributed by atoms with Crippen molar-refractivity contribution in [2.45, 2.75) is 13.0 Å². The van der Waals surface area contributed by atoms with Crippen LogP contribution >= 0.6 is 0 Å². The number of ether oxygens (including phenoxy) is 1. The van der Waals surface area contributed by atoms with E-state index in [-0.39, 0.29) is 5.82 Å². The minimum atomic E-state index is -0.207. The van der Waals surface area contributed by atoms with Crippen LogP contribution in [-0.4, -0.2) is 13.7 Å². The number of nitrogens with one attached hydrogen (secondary N) is 1. The molecule has 108 valence electrons. The summed E-state index contributed by atoms with van der Waals surface area (Å²) in [7, 11) is 1.55. The molecule has 0 fully saturated rings. The predicted molar refractivity (Wildman–Crippen MR) is 79.5 cm³/mol. The van der Waals surface area contributed by atoms with Gasteiger partial charge in [-0.15, -0.1) is 0 Å². The molecule has 0 aromatic heterocycles. The van der Waals surface area contributed by atoms with Crippen molar-refractivity contribution in [1.29, 1.82) is 5.26 Å². The Morgan fingerprint density at radius 3 is 2.76 bits per heavy atom. The van der Waals surface area contributed by atoms with Crippen LogP contribution in [0.4, 0.5) is 4.39 Å². The number of rotatable bonds is 6. The molecule has 2 rings (SSSR count). The van der Waals surface area contributed by atoms with E-state index in [0.29, 0.717) is 17.9 Å². The van der Waals surface area contributed by atoms with Crippen molar-refractivity contribution in [1.82, 2.24) is 5.32 Å². The highest BCUT2D eigenvalue weighted by atomic mass is 19.1. The molecule has 1 N–H and O–H groups in total. The second-order valence-electron chi connectivity index (χ2n) is 4.70. The third kappa shape index (κ3) is 4.30. The number of hydrogen-bond acceptors (Lipinski definition) is 3. The molecule has 21 heavy (non-hydrogen) atoms. The Balaban J connectivity index is 1.85. The van der Waals surface area contributed by atoms with E-state index in [0.717, 1.165) is 24.1 Å². The summed E-state index contributed by atoms with van der Waals surface area (Å²) in [6.07, 6.45) is 0.763. The molecular formula is C17H17FN2O. The van der Waals surface area contributed by atoms with Crippen molar-refractivity contribution in [2.24, 2.45) is 0 Å². The lowest BCUT2D eigenvalue weighted by Gasteiger charge is -2.08. The Kier molecular flexibility index (Phi) is 5.30. The number of hydrogen-bond donors (Lipinski definition) is 1. The van der Waals surface area contributed by atoms with Gasteiger partial charge in [0.05, 0.1) is 12.7 Å². The van der Waals surface area contributed by atoms with Gasteiger partial charge in [0.15, 0.2) is 0 Å². The molecule has 0 saturated heterocycles. The lowest BCUT2D eigenvalue weighted by molar-refractivity contribution is 0.413. The Morgan fingerprint density at radius 2 is 2.05 bits per heavy atom. The van der Waals surface area contributed by atoms with Gasteiger partial charge in [-0.3, -0.25) is 0 Å². The molecule has 3 nitrogen and oxygen atoms in total. The zero-order chi connectivity index (χ0) is 15.1. The molecule has 2 aromatic rings. The first kappa shape index (κ1) is 15.0. The molecule has 0 heterocycles. The molecule has 0 radical (unpaired) electrons. The molecule has 0 saturated carbocycles. The molecule has 0 aliphatic rings. The fraction of sp³-hybridized carbons (Fsp3) is 0.235. The molecule has 4 heteroatoms. The number of benzene rings is 2. The summed E-state index contributed by atoms with van der Waals surface area (Å²) >= 11 is 0. The molecule has 0 amide bonds. The normalized spacial score (nSPS) is 10.1. The van der Waals surface area contributed by atoms with Gasteiger partial charge >= 0.3 is 0 Å². The van der Waals surface area contributed by atoms with Crippen LogP contribution in [0.25, 0.3) is 0 Å². The van der Waals surface area contributed by atoms with E-state index in [2.05, 4.69) is 11.4 Å². The van der Waals surface area contributed by atoms with E-state index in [1.807, 2.05) is 18.2 Å². The van der Waals surface area contributed by atoms with Crippen molar-refractivity contribution in [2.75, 3.05) is 13.7 Å². The lowest BCUT2D eigenvalue weighted by Crippen LogP contribution is -2.16. The summed E-state index contributed by atoms with van der Waals surface area (Å²) < 4.78 is 18.1. The molecule has 0 spiro atoms. The summed E-state index contributed by atoms with van der Waals surface area (Å²) in [6, 6.07) is 14.3. The van der Waals surface area contributed by atoms with Crippen molar-refractivity contribution < 1.29 is 9.13 Å². The van der Waals surface area contributed by atoms with Crippen LogP contribution in [0, 0.1) is 17.1 Å². The first-order chi connectivity index (χ1) is 10.2. The molecule has 0 bridgehead atoms. The van der Waals surface area contributed by atoms with Crippen LogP contribution in [0.1, 0.15) is 16.7 Å². The minimum Gasteiger partial charge on any atom is -0.495 e. The van der Waals surface area contributed by atoms with E-state index < -0.39 is 0 Å². The summed E-state index contributed by atoms with van der Waals surface area (Å²) in [5.41, 5.74) is 2.52. The van der Waals surface area contributed by atoms with Gasteiger partial charge in [-0.25, -0.2) is 4.39 Å². The zero-order valence-corrected chi connectivity index (χ0v) is 11.9. The smallest absolute Gasteiger partial charge is 0.136 e. The maximum Gasteiger partial charge on any atom is 0.136 e. The number of nitrogens with zero attached hydrogens (tertiary/aromatic N) is 1. The van der Waals surface area contributed by atoms with Gasteiger partial charge in [0.1, 0.15) is 17.6 Å². The average Bonchev–Trinajstić information content (AvgIpc) is 2.51. The molecule has 0 atom stereocenters. The SMILES string of the molecule is COc1ccc(CNCCc2cccc(F)c2)cc1C#N. The van der Waals surface area contributed by atoms with Gasteiger partial charge < -0.3 is 10.1 Å². The Bertz CT molecular complexity index is 649. The van der Waals surface area contributed by atoms with Gasteiger partial charge in [-0.1, -0.05) is 18.2 Å². The maximum absolute atomic E-state index is 13.0. The standard InChI is InChI=1S/C17H17FN2O/c1-21-17-6-5-14(9-15(17)11-19)12-20-8-7-13-3-2-4-16(18)10-13/h2-6,9-10,20H,7-8,12H2,1H3. The van der Waals surface area contributed by atoms with Gasteiger partial charge in [0.25, 0.3) is 0 Å². The summed E-state index contributed by atoms with van der Waals surface area (Å²) in [4.78, 5) is 0. The van der Waals surface area contributed by atoms with Gasteiger partial charge in [0.2, 0.25) is 0 Å². The van der Waals surface area contributed by atoms with Crippen LogP contribution in [0.3, 0.4) is 0 Å². The highest BCUT2D eigenvalue weighted by molar-refractivity contribution is 5.45. The second-order valence-corrected chi connectivity index (χ2v) is 4.70. The van der Waals surface area contributed by atoms with Gasteiger partial charge in [-0.05, 0) is 48.4 Å². The fourth-order valence-electron chi connectivity index (χ4n) is 2.11. The van der Waals surface area contributed by atoms with E-state index in [1.165, 1.54) is 6.07 Å². The van der Waals surface area contributed by atoms with E-state index in [1.54, 1.807) is 25.3 Å². The monoisotopic (exact) mass is 284 g/mol. The molecule has 2 aromatic carbocycles. The highest BCUT2D eigenvalue weighted by Gasteiger charge is 2.03. The van der Waals surface area contributed by atoms with Crippen molar-refractivity contribution in [3.63, 3.8) is 0 Å². The van der Waals surface area contributed by atoms with Gasteiger partial charge in [0, 0.05) is 6.54 Å². The topological polar surface area (TPSA) is 45.0 Å². The lowest BCUT2D eigenvalue weighted by atomic mass is 10.1. The van der Waals surface area contributed by atoms with E-state index in [9.17, 15) is 4.39 Å². The Hall–Kier alpha value is -2.38. The quantitative estimate of drug-likeness (QED) is 0.829. The molecular weight excluding hydrogens is 267 g/mol. The number of halogens is 1. The average molecular weight is 284 g/mol. The van der Waals surface area contributed by atoms with E-state index in [4.69, 9.17) is 10.00 Å². The van der Waals surface area contributed by atoms with Crippen molar-refractivity contribution >= 4 is 0 Å². The van der Waals surface area contributed by atoms with Crippen LogP contribution < -0.4 is 10.1 Å². The highest BCUT2D eigenvalue weighted by Crippen LogP contribution is 2.18. The molecule has 0 aliphatic carbocycles. The number of nitriles is 1. The number of methoxy groups -OCH3 is 1. The molecule has 0 unspecified atom stereocenters. The first-order valence-electron chi connectivity index (χ1n) is 6.75. The Morgan fingerprint density at radius 1 is 1.19 bits per heavy atom. The van der Waals surface area contributed by atoms with Gasteiger partial charge in [-0.2, -0.15) is 5.26 Å². The van der Waals surface area contributed by atoms with E-state index >= 15 is 0 Å². The molecule has 0 aliphatic heterocycles. The Labute approximate surface area is 124 Å². The summed E-state index contributed by atoms with van der Waals surface area (Å²) in [5.74, 6) is 0.377. The second kappa shape index (κ2) is 7.41. The summed E-state index contributed by atoms with van der Waals surface area (Å²) in [5, 5.41) is 12.3. The van der Waals surface area contributed by atoms with Crippen LogP contribution in [0.5, 0.6) is 5.75 Å². The first-order valence-corrected chi connectivity index (χ1v) is 6.75. The summed E-state index contributed by atoms with van der Waals surface area (Å²) in [6.45, 7) is 1.41. The van der Waals surface area contributed by atoms with Crippen molar-refractivity contribution in [3.05, 3.63) is 65.0 Å². The third-order valence-electron chi connectivity index (χ3n) is 3.19. The zero-order valence-electron chi connectivity index (χ0n) is 11.9. The predicted octanol–water partition coefficient (Wildman–Crippen LogP) is 3.04. The maximum atomic E-state index is 13.0. The largest absolute Gasteiger partial charge is 0.495 e. The van der Waals surface area contributed by atoms with Crippen LogP contribution in [0.2, 0.25) is 0 Å². The minimum absolute atomic E-state index is 0.207. The fourth-order valence-corrected chi connectivity index (χ4v) is 2.11.